The first-order valence-electron chi connectivity index (χ1n) is 11.5. The third-order valence-electron chi connectivity index (χ3n) is 5.76. The van der Waals surface area contributed by atoms with E-state index < -0.39 is 0 Å². The van der Waals surface area contributed by atoms with Crippen LogP contribution in [0.3, 0.4) is 0 Å². The summed E-state index contributed by atoms with van der Waals surface area (Å²) >= 11 is 0. The van der Waals surface area contributed by atoms with Gasteiger partial charge in [-0.15, -0.1) is 0 Å². The van der Waals surface area contributed by atoms with E-state index in [0.29, 0.717) is 12.9 Å². The molecule has 1 aliphatic rings. The first kappa shape index (κ1) is 28.2. The summed E-state index contributed by atoms with van der Waals surface area (Å²) in [5, 5.41) is 0. The van der Waals surface area contributed by atoms with Gasteiger partial charge in [0.15, 0.2) is 0 Å². The van der Waals surface area contributed by atoms with E-state index in [1.165, 1.54) is 70.6 Å². The zero-order chi connectivity index (χ0) is 19.7. The van der Waals surface area contributed by atoms with Crippen LogP contribution in [0.15, 0.2) is 0 Å². The van der Waals surface area contributed by atoms with Crippen LogP contribution in [0.1, 0.15) is 119 Å². The van der Waals surface area contributed by atoms with Crippen LogP contribution in [0.4, 0.5) is 0 Å². The Balaban J connectivity index is -0.00000243. The predicted molar refractivity (Wildman–Crippen MR) is 118 cm³/mol. The maximum absolute atomic E-state index is 11.7. The molecule has 1 unspecified atom stereocenters. The Morgan fingerprint density at radius 3 is 2.00 bits per heavy atom. The van der Waals surface area contributed by atoms with E-state index >= 15 is 0 Å². The molecule has 3 atom stereocenters. The van der Waals surface area contributed by atoms with Crippen molar-refractivity contribution in [2.75, 3.05) is 0 Å². The molecule has 0 saturated carbocycles. The van der Waals surface area contributed by atoms with Gasteiger partial charge in [0.05, 0.1) is 5.92 Å². The van der Waals surface area contributed by atoms with Gasteiger partial charge in [0.25, 0.3) is 6.47 Å². The second kappa shape index (κ2) is 19.2. The minimum absolute atomic E-state index is 0. The van der Waals surface area contributed by atoms with Crippen LogP contribution in [0.2, 0.25) is 0 Å². The van der Waals surface area contributed by atoms with Crippen molar-refractivity contribution in [2.24, 2.45) is 5.92 Å². The minimum atomic E-state index is -0.108. The van der Waals surface area contributed by atoms with Crippen molar-refractivity contribution in [1.82, 2.24) is 0 Å². The van der Waals surface area contributed by atoms with Crippen molar-refractivity contribution in [3.63, 3.8) is 0 Å². The van der Waals surface area contributed by atoms with Gasteiger partial charge in [-0.2, -0.15) is 0 Å². The van der Waals surface area contributed by atoms with Crippen LogP contribution in [-0.2, 0) is 19.1 Å². The van der Waals surface area contributed by atoms with Gasteiger partial charge in [-0.05, 0) is 19.3 Å². The molecule has 4 nitrogen and oxygen atoms in total. The van der Waals surface area contributed by atoms with Crippen molar-refractivity contribution in [2.45, 2.75) is 129 Å². The SMILES string of the molecule is CCCCCCCCCCCC(C[C@@H]1OC(=O)[C@H]1CCCCCC)OC=O.[Ca+2].[H-].[H-]. The maximum atomic E-state index is 11.7. The van der Waals surface area contributed by atoms with Gasteiger partial charge in [0.2, 0.25) is 0 Å². The Bertz CT molecular complexity index is 399. The van der Waals surface area contributed by atoms with Crippen LogP contribution in [0.25, 0.3) is 0 Å². The molecule has 0 aromatic heterocycles. The fraction of sp³-hybridized carbons (Fsp3) is 0.913. The van der Waals surface area contributed by atoms with Crippen LogP contribution in [0, 0.1) is 5.92 Å². The van der Waals surface area contributed by atoms with Crippen molar-refractivity contribution in [3.8, 4) is 0 Å². The van der Waals surface area contributed by atoms with Crippen molar-refractivity contribution in [3.05, 3.63) is 0 Å². The van der Waals surface area contributed by atoms with Gasteiger partial charge < -0.3 is 12.3 Å². The van der Waals surface area contributed by atoms with Gasteiger partial charge in [-0.25, -0.2) is 0 Å². The number of ether oxygens (including phenoxy) is 2. The fourth-order valence-electron chi connectivity index (χ4n) is 3.97. The molecule has 1 saturated heterocycles. The van der Waals surface area contributed by atoms with E-state index in [4.69, 9.17) is 9.47 Å². The van der Waals surface area contributed by atoms with Crippen molar-refractivity contribution in [1.29, 1.82) is 0 Å². The summed E-state index contributed by atoms with van der Waals surface area (Å²) in [4.78, 5) is 22.6. The van der Waals surface area contributed by atoms with Gasteiger partial charge in [-0.3, -0.25) is 9.59 Å². The number of unbranched alkanes of at least 4 members (excludes halogenated alkanes) is 11. The molecule has 28 heavy (non-hydrogen) atoms. The van der Waals surface area contributed by atoms with E-state index in [1.54, 1.807) is 0 Å². The Hall–Kier alpha value is 0.200. The number of esters is 1. The zero-order valence-electron chi connectivity index (χ0n) is 20.5. The zero-order valence-corrected chi connectivity index (χ0v) is 20.7. The van der Waals surface area contributed by atoms with E-state index in [-0.39, 0.29) is 64.7 Å². The van der Waals surface area contributed by atoms with Gasteiger partial charge in [-0.1, -0.05) is 90.9 Å². The molecule has 0 aliphatic carbocycles. The summed E-state index contributed by atoms with van der Waals surface area (Å²) < 4.78 is 10.6. The number of cyclic esters (lactones) is 1. The monoisotopic (exact) mass is 424 g/mol. The molecule has 162 valence electrons. The molecule has 1 rings (SSSR count). The predicted octanol–water partition coefficient (Wildman–Crippen LogP) is 6.20. The minimum Gasteiger partial charge on any atom is -1.00 e. The average molecular weight is 425 g/mol. The summed E-state index contributed by atoms with van der Waals surface area (Å²) in [6.07, 6.45) is 18.6. The second-order valence-corrected chi connectivity index (χ2v) is 8.14. The second-order valence-electron chi connectivity index (χ2n) is 8.14. The van der Waals surface area contributed by atoms with Gasteiger partial charge in [0.1, 0.15) is 12.2 Å². The number of rotatable bonds is 19. The van der Waals surface area contributed by atoms with Crippen molar-refractivity contribution >= 4 is 50.2 Å². The molecule has 0 radical (unpaired) electrons. The normalized spacial score (nSPS) is 19.3. The summed E-state index contributed by atoms with van der Waals surface area (Å²) in [5.74, 6) is -0.0489. The molecule has 0 aromatic rings. The number of carbonyl (C=O) groups excluding carboxylic acids is 2. The van der Waals surface area contributed by atoms with E-state index in [9.17, 15) is 9.59 Å². The van der Waals surface area contributed by atoms with E-state index in [2.05, 4.69) is 13.8 Å². The van der Waals surface area contributed by atoms with E-state index in [0.717, 1.165) is 25.7 Å². The first-order chi connectivity index (χ1) is 13.2. The Labute approximate surface area is 205 Å². The third-order valence-corrected chi connectivity index (χ3v) is 5.76. The van der Waals surface area contributed by atoms with Crippen LogP contribution < -0.4 is 0 Å². The number of hydrogen-bond acceptors (Lipinski definition) is 4. The van der Waals surface area contributed by atoms with Gasteiger partial charge >= 0.3 is 43.7 Å². The van der Waals surface area contributed by atoms with Crippen LogP contribution >= 0.6 is 0 Å². The molecule has 1 heterocycles. The topological polar surface area (TPSA) is 52.6 Å². The Morgan fingerprint density at radius 2 is 1.46 bits per heavy atom. The average Bonchev–Trinajstić information content (AvgIpc) is 2.66. The number of carbonyl (C=O) groups is 2. The summed E-state index contributed by atoms with van der Waals surface area (Å²) in [6, 6.07) is 0. The summed E-state index contributed by atoms with van der Waals surface area (Å²) in [7, 11) is 0. The van der Waals surface area contributed by atoms with Crippen molar-refractivity contribution < 1.29 is 21.9 Å². The van der Waals surface area contributed by atoms with Crippen LogP contribution in [-0.4, -0.2) is 62.4 Å². The Kier molecular flexibility index (Phi) is 19.3. The maximum Gasteiger partial charge on any atom is 2.00 e. The molecular weight excluding hydrogens is 380 g/mol. The van der Waals surface area contributed by atoms with E-state index in [1.807, 2.05) is 0 Å². The first-order valence-corrected chi connectivity index (χ1v) is 11.5. The molecule has 0 spiro atoms. The molecule has 0 amide bonds. The smallest absolute Gasteiger partial charge is 1.00 e. The molecule has 1 fully saturated rings. The summed E-state index contributed by atoms with van der Waals surface area (Å²) in [6.45, 7) is 4.99. The third kappa shape index (κ3) is 12.7. The number of hydrogen-bond donors (Lipinski definition) is 0. The molecular formula is C23H44CaO4. The quantitative estimate of drug-likeness (QED) is 0.107. The Morgan fingerprint density at radius 1 is 0.929 bits per heavy atom. The summed E-state index contributed by atoms with van der Waals surface area (Å²) in [5.41, 5.74) is 0. The van der Waals surface area contributed by atoms with Gasteiger partial charge in [0, 0.05) is 6.42 Å². The standard InChI is InChI=1S/C23H42O4.Ca.2H/c1-3-5-7-9-10-11-12-13-14-16-20(26-19-24)18-22-21(23(25)27-22)17-15-8-6-4-2;;;/h19-22H,3-18H2,1-2H3;;;/q;+2;2*-1/t20?,21-,22-;;;/m0.../s1. The molecule has 1 aliphatic heterocycles. The fourth-order valence-corrected chi connectivity index (χ4v) is 3.97. The van der Waals surface area contributed by atoms with Crippen LogP contribution in [0.5, 0.6) is 0 Å². The largest absolute Gasteiger partial charge is 2.00 e. The molecule has 5 heteroatoms. The molecule has 0 N–H and O–H groups in total. The molecule has 0 bridgehead atoms. The molecule has 0 aromatic carbocycles.